The van der Waals surface area contributed by atoms with Crippen LogP contribution in [-0.2, 0) is 5.75 Å². The SMILES string of the molecule is CC(O)C(C)SCc1nnc(-c2ccc(Br)s2)o1. The van der Waals surface area contributed by atoms with Crippen molar-refractivity contribution in [1.82, 2.24) is 10.2 Å². The summed E-state index contributed by atoms with van der Waals surface area (Å²) < 4.78 is 6.61. The molecule has 0 aliphatic heterocycles. The molecule has 2 atom stereocenters. The van der Waals surface area contributed by atoms with Crippen molar-refractivity contribution in [3.8, 4) is 10.8 Å². The van der Waals surface area contributed by atoms with Crippen molar-refractivity contribution >= 4 is 39.0 Å². The lowest BCUT2D eigenvalue weighted by molar-refractivity contribution is 0.196. The molecule has 0 aromatic carbocycles. The van der Waals surface area contributed by atoms with Crippen LogP contribution in [0.1, 0.15) is 19.7 Å². The van der Waals surface area contributed by atoms with E-state index in [1.165, 1.54) is 0 Å². The molecule has 2 aromatic heterocycles. The standard InChI is InChI=1S/C11H13BrN2O2S2/c1-6(15)7(2)17-5-10-13-14-11(16-10)8-3-4-9(12)18-8/h3-4,6-7,15H,5H2,1-2H3. The first-order valence-electron chi connectivity index (χ1n) is 5.44. The van der Waals surface area contributed by atoms with Gasteiger partial charge in [0.25, 0.3) is 5.89 Å². The predicted molar refractivity (Wildman–Crippen MR) is 77.7 cm³/mol. The van der Waals surface area contributed by atoms with E-state index in [2.05, 4.69) is 26.1 Å². The molecule has 1 N–H and O–H groups in total. The van der Waals surface area contributed by atoms with Crippen LogP contribution < -0.4 is 0 Å². The van der Waals surface area contributed by atoms with Gasteiger partial charge >= 0.3 is 0 Å². The minimum atomic E-state index is -0.342. The molecule has 2 rings (SSSR count). The van der Waals surface area contributed by atoms with Crippen molar-refractivity contribution < 1.29 is 9.52 Å². The molecule has 0 bridgehead atoms. The van der Waals surface area contributed by atoms with Gasteiger partial charge in [-0.15, -0.1) is 33.3 Å². The molecule has 0 fully saturated rings. The zero-order chi connectivity index (χ0) is 13.1. The monoisotopic (exact) mass is 348 g/mol. The molecule has 0 aliphatic carbocycles. The summed E-state index contributed by atoms with van der Waals surface area (Å²) >= 11 is 6.56. The van der Waals surface area contributed by atoms with Crippen LogP contribution in [0, 0.1) is 0 Å². The molecule has 4 nitrogen and oxygen atoms in total. The highest BCUT2D eigenvalue weighted by molar-refractivity contribution is 9.11. The van der Waals surface area contributed by atoms with Crippen LogP contribution in [0.3, 0.4) is 0 Å². The van der Waals surface area contributed by atoms with E-state index >= 15 is 0 Å². The first-order chi connectivity index (χ1) is 8.56. The van der Waals surface area contributed by atoms with Gasteiger partial charge in [-0.05, 0) is 35.0 Å². The molecule has 2 heterocycles. The largest absolute Gasteiger partial charge is 0.419 e. The highest BCUT2D eigenvalue weighted by atomic mass is 79.9. The lowest BCUT2D eigenvalue weighted by atomic mass is 10.3. The molecule has 2 aromatic rings. The minimum Gasteiger partial charge on any atom is -0.419 e. The molecule has 0 amide bonds. The van der Waals surface area contributed by atoms with Gasteiger partial charge in [-0.25, -0.2) is 0 Å². The number of aromatic nitrogens is 2. The predicted octanol–water partition coefficient (Wildman–Crippen LogP) is 3.56. The first-order valence-corrected chi connectivity index (χ1v) is 8.10. The summed E-state index contributed by atoms with van der Waals surface area (Å²) in [4.78, 5) is 0.953. The van der Waals surface area contributed by atoms with Crippen LogP contribution in [0.2, 0.25) is 0 Å². The molecule has 0 aliphatic rings. The lowest BCUT2D eigenvalue weighted by Gasteiger charge is -2.11. The fraction of sp³-hybridized carbons (Fsp3) is 0.455. The molecule has 0 radical (unpaired) electrons. The van der Waals surface area contributed by atoms with Crippen molar-refractivity contribution in [2.45, 2.75) is 31.0 Å². The molecule has 98 valence electrons. The van der Waals surface area contributed by atoms with Crippen molar-refractivity contribution in [1.29, 1.82) is 0 Å². The van der Waals surface area contributed by atoms with Crippen LogP contribution in [-0.4, -0.2) is 26.7 Å². The number of rotatable bonds is 5. The Morgan fingerprint density at radius 1 is 1.44 bits per heavy atom. The number of halogens is 1. The van der Waals surface area contributed by atoms with Crippen LogP contribution in [0.5, 0.6) is 0 Å². The minimum absolute atomic E-state index is 0.149. The highest BCUT2D eigenvalue weighted by Gasteiger charge is 2.14. The maximum atomic E-state index is 9.39. The molecule has 18 heavy (non-hydrogen) atoms. The molecule has 0 spiro atoms. The molecular weight excluding hydrogens is 336 g/mol. The van der Waals surface area contributed by atoms with Crippen LogP contribution >= 0.6 is 39.0 Å². The van der Waals surface area contributed by atoms with E-state index in [0.29, 0.717) is 17.5 Å². The summed E-state index contributed by atoms with van der Waals surface area (Å²) in [5.41, 5.74) is 0. The van der Waals surface area contributed by atoms with Gasteiger partial charge in [0.15, 0.2) is 0 Å². The molecule has 0 saturated heterocycles. The van der Waals surface area contributed by atoms with E-state index in [9.17, 15) is 5.11 Å². The van der Waals surface area contributed by atoms with Gasteiger partial charge in [-0.2, -0.15) is 0 Å². The number of aliphatic hydroxyl groups excluding tert-OH is 1. The van der Waals surface area contributed by atoms with Gasteiger partial charge in [0.05, 0.1) is 20.5 Å². The number of nitrogens with zero attached hydrogens (tertiary/aromatic N) is 2. The Hall–Kier alpha value is -0.370. The van der Waals surface area contributed by atoms with Crippen molar-refractivity contribution in [3.63, 3.8) is 0 Å². The quantitative estimate of drug-likeness (QED) is 0.894. The Kier molecular flexibility index (Phi) is 4.83. The molecule has 0 saturated carbocycles. The van der Waals surface area contributed by atoms with E-state index in [-0.39, 0.29) is 11.4 Å². The average Bonchev–Trinajstić information content (AvgIpc) is 2.94. The van der Waals surface area contributed by atoms with E-state index in [1.54, 1.807) is 30.0 Å². The summed E-state index contributed by atoms with van der Waals surface area (Å²) in [5, 5.41) is 17.6. The Morgan fingerprint density at radius 3 is 2.83 bits per heavy atom. The Morgan fingerprint density at radius 2 is 2.22 bits per heavy atom. The number of thiophene rings is 1. The number of aliphatic hydroxyl groups is 1. The van der Waals surface area contributed by atoms with E-state index in [1.807, 2.05) is 19.1 Å². The Bertz CT molecular complexity index is 513. The maximum Gasteiger partial charge on any atom is 0.257 e. The van der Waals surface area contributed by atoms with Crippen molar-refractivity contribution in [3.05, 3.63) is 21.8 Å². The van der Waals surface area contributed by atoms with Crippen molar-refractivity contribution in [2.24, 2.45) is 0 Å². The third-order valence-electron chi connectivity index (χ3n) is 2.40. The maximum absolute atomic E-state index is 9.39. The first kappa shape index (κ1) is 14.0. The smallest absolute Gasteiger partial charge is 0.257 e. The number of thioether (sulfide) groups is 1. The molecule has 2 unspecified atom stereocenters. The van der Waals surface area contributed by atoms with Gasteiger partial charge in [0.1, 0.15) is 0 Å². The van der Waals surface area contributed by atoms with Gasteiger partial charge in [0.2, 0.25) is 5.89 Å². The molecular formula is C11H13BrN2O2S2. The van der Waals surface area contributed by atoms with E-state index in [0.717, 1.165) is 8.66 Å². The summed E-state index contributed by atoms with van der Waals surface area (Å²) in [7, 11) is 0. The van der Waals surface area contributed by atoms with E-state index in [4.69, 9.17) is 4.42 Å². The van der Waals surface area contributed by atoms with E-state index < -0.39 is 0 Å². The summed E-state index contributed by atoms with van der Waals surface area (Å²) in [6.45, 7) is 3.75. The second kappa shape index (κ2) is 6.18. The molecule has 7 heteroatoms. The fourth-order valence-electron chi connectivity index (χ4n) is 1.18. The second-order valence-electron chi connectivity index (χ2n) is 3.86. The Balaban J connectivity index is 1.98. The normalized spacial score (nSPS) is 14.7. The zero-order valence-corrected chi connectivity index (χ0v) is 13.2. The summed E-state index contributed by atoms with van der Waals surface area (Å²) in [6.07, 6.45) is -0.342. The topological polar surface area (TPSA) is 59.2 Å². The third kappa shape index (κ3) is 3.57. The summed E-state index contributed by atoms with van der Waals surface area (Å²) in [5.74, 6) is 1.75. The van der Waals surface area contributed by atoms with Crippen LogP contribution in [0.4, 0.5) is 0 Å². The van der Waals surface area contributed by atoms with Gasteiger partial charge < -0.3 is 9.52 Å². The van der Waals surface area contributed by atoms with Crippen LogP contribution in [0.25, 0.3) is 10.8 Å². The van der Waals surface area contributed by atoms with Gasteiger partial charge in [0, 0.05) is 5.25 Å². The Labute approximate surface area is 122 Å². The second-order valence-corrected chi connectivity index (χ2v) is 7.69. The third-order valence-corrected chi connectivity index (χ3v) is 5.34. The average molecular weight is 349 g/mol. The fourth-order valence-corrected chi connectivity index (χ4v) is 3.29. The number of hydrogen-bond donors (Lipinski definition) is 1. The van der Waals surface area contributed by atoms with Crippen molar-refractivity contribution in [2.75, 3.05) is 0 Å². The van der Waals surface area contributed by atoms with Crippen LogP contribution in [0.15, 0.2) is 20.3 Å². The van der Waals surface area contributed by atoms with Gasteiger partial charge in [-0.3, -0.25) is 0 Å². The van der Waals surface area contributed by atoms with Gasteiger partial charge in [-0.1, -0.05) is 6.92 Å². The lowest BCUT2D eigenvalue weighted by Crippen LogP contribution is -2.15. The summed E-state index contributed by atoms with van der Waals surface area (Å²) in [6, 6.07) is 3.89. The number of hydrogen-bond acceptors (Lipinski definition) is 6. The highest BCUT2D eigenvalue weighted by Crippen LogP contribution is 2.31. The zero-order valence-electron chi connectivity index (χ0n) is 9.96.